The Bertz CT molecular complexity index is 3850. The number of piperidine rings is 3. The summed E-state index contributed by atoms with van der Waals surface area (Å²) in [4.78, 5) is 36.2. The van der Waals surface area contributed by atoms with Gasteiger partial charge in [-0.3, -0.25) is 14.2 Å². The second-order valence-corrected chi connectivity index (χ2v) is 29.3. The van der Waals surface area contributed by atoms with Crippen molar-refractivity contribution in [2.75, 3.05) is 50.3 Å². The number of hydrogen-bond donors (Lipinski definition) is 3. The van der Waals surface area contributed by atoms with Crippen LogP contribution in [0.4, 0.5) is 9.93 Å². The highest BCUT2D eigenvalue weighted by atomic mass is 79.9. The summed E-state index contributed by atoms with van der Waals surface area (Å²) >= 11 is 14.1. The van der Waals surface area contributed by atoms with E-state index in [0.717, 1.165) is 108 Å². The van der Waals surface area contributed by atoms with Crippen molar-refractivity contribution in [3.63, 3.8) is 0 Å². The molecule has 0 spiro atoms. The first-order chi connectivity index (χ1) is 40.9. The number of halogens is 6. The number of aryl methyl sites for hydroxylation is 2. The number of imidazole rings is 2. The minimum absolute atomic E-state index is 0. The van der Waals surface area contributed by atoms with Crippen LogP contribution in [0.3, 0.4) is 0 Å². The maximum Gasteiger partial charge on any atom is 0.494 e. The van der Waals surface area contributed by atoms with Crippen LogP contribution in [0.2, 0.25) is 0 Å². The number of rotatable bonds is 6. The summed E-state index contributed by atoms with van der Waals surface area (Å²) in [6, 6.07) is 12.1. The number of hydrogen-bond acceptors (Lipinski definition) is 21. The van der Waals surface area contributed by atoms with Gasteiger partial charge in [-0.15, -0.1) is 57.1 Å². The van der Waals surface area contributed by atoms with E-state index in [1.54, 1.807) is 43.0 Å². The summed E-state index contributed by atoms with van der Waals surface area (Å²) < 4.78 is 26.2. The van der Waals surface area contributed by atoms with E-state index in [1.165, 1.54) is 29.9 Å². The van der Waals surface area contributed by atoms with E-state index in [-0.39, 0.29) is 59.6 Å². The number of ketones is 1. The van der Waals surface area contributed by atoms with E-state index >= 15 is 0 Å². The molecule has 23 nitrogen and oxygen atoms in total. The molecule has 478 valence electrons. The van der Waals surface area contributed by atoms with Gasteiger partial charge in [0.1, 0.15) is 39.6 Å². The molecule has 0 saturated carbocycles. The Morgan fingerprint density at radius 1 is 0.730 bits per heavy atom. The third-order valence-corrected chi connectivity index (χ3v) is 19.3. The Hall–Kier alpha value is -4.74. The molecule has 9 aromatic rings. The fraction of sp³-hybridized carbons (Fsp3) is 0.500. The Balaban J connectivity index is 0.000000183. The van der Waals surface area contributed by atoms with E-state index in [4.69, 9.17) is 29.9 Å². The molecule has 4 aliphatic heterocycles. The number of aromatic nitrogens is 12. The summed E-state index contributed by atoms with van der Waals surface area (Å²) in [6.45, 7) is 19.1. The molecule has 1 amide bonds. The second kappa shape index (κ2) is 31.7. The summed E-state index contributed by atoms with van der Waals surface area (Å²) in [5.74, 6) is 1.45. The minimum atomic E-state index is -0.466. The van der Waals surface area contributed by atoms with Crippen molar-refractivity contribution in [1.29, 1.82) is 10.5 Å². The first-order valence-corrected chi connectivity index (χ1v) is 33.3. The number of nitrogens with zero attached hydrogens (tertiary/aromatic N) is 15. The van der Waals surface area contributed by atoms with E-state index < -0.39 is 23.9 Å². The Morgan fingerprint density at radius 2 is 1.24 bits per heavy atom. The number of alkyl halides is 1. The van der Waals surface area contributed by atoms with Gasteiger partial charge >= 0.3 is 13.2 Å². The molecule has 4 aliphatic rings. The number of carbonyl (C=O) groups excluding carboxylic acids is 2. The Morgan fingerprint density at radius 3 is 1.69 bits per heavy atom. The van der Waals surface area contributed by atoms with E-state index in [1.807, 2.05) is 102 Å². The van der Waals surface area contributed by atoms with Crippen LogP contribution < -0.4 is 21.8 Å². The first kappa shape index (κ1) is 73.3. The molecular formula is C56H71BBr4Cl2N18O5S3. The number of carbonyl (C=O) groups is 2. The predicted molar refractivity (Wildman–Crippen MR) is 371 cm³/mol. The van der Waals surface area contributed by atoms with Gasteiger partial charge in [0, 0.05) is 73.7 Å². The molecule has 0 unspecified atom stereocenters. The molecule has 2 aromatic carbocycles. The number of nitrogens with one attached hydrogen (secondary N) is 2. The normalized spacial score (nSPS) is 16.6. The zero-order valence-corrected chi connectivity index (χ0v) is 61.1. The van der Waals surface area contributed by atoms with Crippen molar-refractivity contribution in [2.45, 2.75) is 116 Å². The average molecular weight is 1570 g/mol. The van der Waals surface area contributed by atoms with Crippen molar-refractivity contribution < 1.29 is 23.6 Å². The number of anilines is 1. The average Bonchev–Trinajstić information content (AvgIpc) is 1.68. The molecule has 0 radical (unpaired) electrons. The lowest BCUT2D eigenvalue weighted by Crippen LogP contribution is -2.43. The smallest absolute Gasteiger partial charge is 0.444 e. The van der Waals surface area contributed by atoms with Crippen molar-refractivity contribution in [3.05, 3.63) is 79.4 Å². The molecule has 4 N–H and O–H groups in total. The number of nitrogens with two attached hydrogens (primary N) is 1. The zero-order chi connectivity index (χ0) is 61.7. The Kier molecular flexibility index (Phi) is 26.1. The number of nitriles is 2. The van der Waals surface area contributed by atoms with Crippen LogP contribution in [0.5, 0.6) is 0 Å². The highest BCUT2D eigenvalue weighted by Gasteiger charge is 2.52. The fourth-order valence-corrected chi connectivity index (χ4v) is 13.6. The van der Waals surface area contributed by atoms with Gasteiger partial charge < -0.3 is 35.3 Å². The van der Waals surface area contributed by atoms with Crippen LogP contribution in [-0.4, -0.2) is 144 Å². The molecule has 0 aliphatic carbocycles. The number of Topliss-reactive ketones (excluding diaryl/α,β-unsaturated/α-hetero) is 1. The maximum atomic E-state index is 11.8. The van der Waals surface area contributed by atoms with Crippen molar-refractivity contribution in [1.82, 2.24) is 74.5 Å². The number of fused-ring (bicyclic) bond motifs is 4. The highest BCUT2D eigenvalue weighted by molar-refractivity contribution is 9.11. The van der Waals surface area contributed by atoms with Gasteiger partial charge in [-0.25, -0.2) is 23.8 Å². The monoisotopic (exact) mass is 1570 g/mol. The van der Waals surface area contributed by atoms with Crippen LogP contribution in [0, 0.1) is 28.6 Å². The molecule has 11 heterocycles. The van der Waals surface area contributed by atoms with Crippen LogP contribution in [0.15, 0.2) is 56.9 Å². The first-order valence-electron chi connectivity index (χ1n) is 28.1. The van der Waals surface area contributed by atoms with E-state index in [0.29, 0.717) is 52.0 Å². The lowest BCUT2D eigenvalue weighted by molar-refractivity contribution is -0.121. The van der Waals surface area contributed by atoms with Crippen molar-refractivity contribution in [3.8, 4) is 22.7 Å². The zero-order valence-electron chi connectivity index (χ0n) is 50.5. The van der Waals surface area contributed by atoms with Gasteiger partial charge in [-0.05, 0) is 169 Å². The van der Waals surface area contributed by atoms with Gasteiger partial charge in [0.25, 0.3) is 0 Å². The highest BCUT2D eigenvalue weighted by Crippen LogP contribution is 2.37. The second-order valence-electron chi connectivity index (χ2n) is 23.2. The van der Waals surface area contributed by atoms with Crippen LogP contribution >= 0.6 is 124 Å². The molecular weight excluding hydrogens is 1500 g/mol. The lowest BCUT2D eigenvalue weighted by atomic mass is 9.78. The number of nitrogen functional groups attached to an aromatic ring is 1. The molecule has 89 heavy (non-hydrogen) atoms. The quantitative estimate of drug-likeness (QED) is 0.103. The third-order valence-electron chi connectivity index (χ3n) is 15.2. The van der Waals surface area contributed by atoms with Gasteiger partial charge in [-0.1, -0.05) is 56.0 Å². The maximum absolute atomic E-state index is 11.8. The van der Waals surface area contributed by atoms with Crippen molar-refractivity contribution >= 4 is 185 Å². The number of likely N-dealkylation sites (tertiary alicyclic amines) is 1. The summed E-state index contributed by atoms with van der Waals surface area (Å²) in [5.41, 5.74) is 10.6. The van der Waals surface area contributed by atoms with Gasteiger partial charge in [0.2, 0.25) is 15.1 Å². The Labute approximate surface area is 576 Å². The third kappa shape index (κ3) is 18.5. The fourth-order valence-electron chi connectivity index (χ4n) is 10.1. The van der Waals surface area contributed by atoms with E-state index in [9.17, 15) is 20.1 Å². The topological polar surface area (TPSA) is 285 Å². The molecule has 7 aromatic heterocycles. The summed E-state index contributed by atoms with van der Waals surface area (Å²) in [5, 5.41) is 54.0. The number of ether oxygens (including phenoxy) is 1. The number of benzene rings is 2. The van der Waals surface area contributed by atoms with Crippen LogP contribution in [-0.2, 0) is 32.9 Å². The molecule has 33 heteroatoms. The standard InChI is InChI=1S/C18H17N7S.C15H18BN3O2.C12H20BrNO3.C9H11BrN4S.C2H2BrN3S.BrH.2ClH/c1-24-9-14-7-12(6-13(8-19)16(14)22-24)17-23-25-10-15(21-18(25)26-17)11-2-4-20-5-3-11;1-14(2)15(3,4)21-16(20-14)12-6-10(8-17)13-11(7-12)9-19(5)18-13;1-12(2,3)17-11(16)14-6-4-9(5-7-14)10(15)8-13;10-8-13-14-5-7(12-9(14)15-8)6-1-3-11-4-2-6;3-1-5-6-2(4)7-1;;;/h6-7,9-11,20H,2-5H2,1H3;6-7,9H,1-5H3;9H,4-8H2,1-3H3;5-6,11H,1-4H2;(H2,4,6);3*1H. The minimum Gasteiger partial charge on any atom is -0.444 e. The lowest BCUT2D eigenvalue weighted by Gasteiger charge is -2.32. The van der Waals surface area contributed by atoms with E-state index in [2.05, 4.69) is 113 Å². The van der Waals surface area contributed by atoms with Crippen molar-refractivity contribution in [2.24, 2.45) is 20.0 Å². The SMILES string of the molecule is Br.Brc1nn2cc(C3CCNCC3)nc2s1.CC(C)(C)OC(=O)N1CCC(C(=O)CBr)CC1.Cl.Cl.Cn1cc2cc(-c3nn4cc(C5CCNCC5)nc4s3)cc(C#N)c2n1.Cn1cc2cc(B3OC(C)(C)C(C)(C)O3)cc(C#N)c2n1.Nc1nnc(Br)s1. The van der Waals surface area contributed by atoms with Crippen LogP contribution in [0.25, 0.3) is 42.3 Å². The van der Waals surface area contributed by atoms with Crippen LogP contribution in [0.1, 0.15) is 121 Å². The molecule has 0 bridgehead atoms. The van der Waals surface area contributed by atoms with Gasteiger partial charge in [-0.2, -0.15) is 25.8 Å². The molecule has 13 rings (SSSR count). The molecule has 4 fully saturated rings. The van der Waals surface area contributed by atoms with Gasteiger partial charge in [0.15, 0.2) is 7.83 Å². The molecule has 0 atom stereocenters. The number of amides is 1. The summed E-state index contributed by atoms with van der Waals surface area (Å²) in [7, 11) is 3.24. The molecule has 4 saturated heterocycles. The van der Waals surface area contributed by atoms with Gasteiger partial charge in [0.05, 0.1) is 51.4 Å². The largest absolute Gasteiger partial charge is 0.494 e. The predicted octanol–water partition coefficient (Wildman–Crippen LogP) is 11.3. The summed E-state index contributed by atoms with van der Waals surface area (Å²) in [6.07, 6.45) is 13.8.